The Bertz CT molecular complexity index is 967. The summed E-state index contributed by atoms with van der Waals surface area (Å²) < 4.78 is 5.91. The molecule has 0 spiro atoms. The highest BCUT2D eigenvalue weighted by Gasteiger charge is 2.29. The van der Waals surface area contributed by atoms with Crippen LogP contribution in [0, 0.1) is 5.92 Å². The molecule has 1 saturated carbocycles. The molecule has 4 rings (SSSR count). The van der Waals surface area contributed by atoms with Crippen molar-refractivity contribution in [3.63, 3.8) is 0 Å². The number of thiophene rings is 1. The van der Waals surface area contributed by atoms with Crippen LogP contribution in [0.2, 0.25) is 0 Å². The van der Waals surface area contributed by atoms with E-state index in [0.29, 0.717) is 5.39 Å². The van der Waals surface area contributed by atoms with Gasteiger partial charge in [0.15, 0.2) is 0 Å². The number of esters is 1. The van der Waals surface area contributed by atoms with Gasteiger partial charge in [-0.2, -0.15) is 0 Å². The zero-order chi connectivity index (χ0) is 16.7. The van der Waals surface area contributed by atoms with Crippen LogP contribution >= 0.6 is 11.3 Å². The van der Waals surface area contributed by atoms with E-state index in [4.69, 9.17) is 9.72 Å². The number of nitrogens with zero attached hydrogens (tertiary/aromatic N) is 1. The maximum absolute atomic E-state index is 12.6. The van der Waals surface area contributed by atoms with Crippen molar-refractivity contribution < 1.29 is 9.53 Å². The first-order chi connectivity index (χ1) is 11.7. The van der Waals surface area contributed by atoms with Gasteiger partial charge < -0.3 is 9.72 Å². The molecule has 5 nitrogen and oxygen atoms in total. The summed E-state index contributed by atoms with van der Waals surface area (Å²) in [5.74, 6) is 0.802. The van der Waals surface area contributed by atoms with Crippen molar-refractivity contribution in [2.45, 2.75) is 31.6 Å². The molecular weight excluding hydrogens is 324 g/mol. The van der Waals surface area contributed by atoms with E-state index in [9.17, 15) is 9.59 Å². The largest absolute Gasteiger partial charge is 0.469 e. The van der Waals surface area contributed by atoms with Crippen LogP contribution in [0.3, 0.4) is 0 Å². The number of carbonyl (C=O) groups is 1. The number of hydrogen-bond donors (Lipinski definition) is 1. The normalized spacial score (nSPS) is 21.2. The van der Waals surface area contributed by atoms with Crippen LogP contribution in [0.1, 0.15) is 37.4 Å². The van der Waals surface area contributed by atoms with Crippen molar-refractivity contribution >= 4 is 37.6 Å². The highest BCUT2D eigenvalue weighted by Crippen LogP contribution is 2.36. The van der Waals surface area contributed by atoms with Gasteiger partial charge in [-0.25, -0.2) is 4.98 Å². The zero-order valence-corrected chi connectivity index (χ0v) is 14.2. The predicted molar refractivity (Wildman–Crippen MR) is 94.5 cm³/mol. The fourth-order valence-electron chi connectivity index (χ4n) is 3.61. The van der Waals surface area contributed by atoms with E-state index in [1.165, 1.54) is 7.11 Å². The number of fused-ring (bicyclic) bond motifs is 3. The maximum atomic E-state index is 12.6. The topological polar surface area (TPSA) is 72.0 Å². The molecule has 2 aromatic heterocycles. The molecule has 0 saturated heterocycles. The Labute approximate surface area is 142 Å². The van der Waals surface area contributed by atoms with E-state index in [-0.39, 0.29) is 23.4 Å². The van der Waals surface area contributed by atoms with Crippen LogP contribution < -0.4 is 5.56 Å². The van der Waals surface area contributed by atoms with E-state index in [0.717, 1.165) is 46.4 Å². The first-order valence-electron chi connectivity index (χ1n) is 8.16. The number of H-pyrrole nitrogens is 1. The molecular formula is C18H18N2O3S. The number of aromatic amines is 1. The number of hydrogen-bond acceptors (Lipinski definition) is 5. The third kappa shape index (κ3) is 2.51. The number of rotatable bonds is 2. The first kappa shape index (κ1) is 15.3. The average Bonchev–Trinajstić information content (AvgIpc) is 3.00. The standard InChI is InChI=1S/C18H18N2O3S/c1-23-18(22)11-8-6-10(7-9-11)15-19-16(21)14-12-4-2-3-5-13(12)24-17(14)20-15/h2-5,10-11H,6-9H2,1H3,(H,19,20,21). The lowest BCUT2D eigenvalue weighted by Gasteiger charge is -2.26. The predicted octanol–water partition coefficient (Wildman–Crippen LogP) is 3.58. The first-order valence-corrected chi connectivity index (χ1v) is 8.98. The Morgan fingerprint density at radius 1 is 1.25 bits per heavy atom. The van der Waals surface area contributed by atoms with Crippen LogP contribution in [-0.2, 0) is 9.53 Å². The van der Waals surface area contributed by atoms with E-state index in [2.05, 4.69) is 4.98 Å². The Hall–Kier alpha value is -2.21. The molecule has 1 N–H and O–H groups in total. The number of ether oxygens (including phenoxy) is 1. The second-order valence-corrected chi connectivity index (χ2v) is 7.33. The van der Waals surface area contributed by atoms with E-state index in [1.807, 2.05) is 24.3 Å². The number of aromatic nitrogens is 2. The highest BCUT2D eigenvalue weighted by atomic mass is 32.1. The molecule has 24 heavy (non-hydrogen) atoms. The molecule has 0 unspecified atom stereocenters. The van der Waals surface area contributed by atoms with Crippen molar-refractivity contribution in [3.05, 3.63) is 40.4 Å². The quantitative estimate of drug-likeness (QED) is 0.723. The van der Waals surface area contributed by atoms with Crippen LogP contribution in [0.4, 0.5) is 0 Å². The lowest BCUT2D eigenvalue weighted by molar-refractivity contribution is -0.146. The summed E-state index contributed by atoms with van der Waals surface area (Å²) in [6, 6.07) is 7.89. The molecule has 6 heteroatoms. The fourth-order valence-corrected chi connectivity index (χ4v) is 4.69. The number of nitrogens with one attached hydrogen (secondary N) is 1. The van der Waals surface area contributed by atoms with Gasteiger partial charge in [0.25, 0.3) is 5.56 Å². The van der Waals surface area contributed by atoms with Crippen LogP contribution in [0.15, 0.2) is 29.1 Å². The van der Waals surface area contributed by atoms with E-state index >= 15 is 0 Å². The van der Waals surface area contributed by atoms with Gasteiger partial charge in [-0.1, -0.05) is 18.2 Å². The van der Waals surface area contributed by atoms with Crippen LogP contribution in [0.25, 0.3) is 20.3 Å². The molecule has 1 aromatic carbocycles. The number of carbonyl (C=O) groups excluding carboxylic acids is 1. The fraction of sp³-hybridized carbons (Fsp3) is 0.389. The van der Waals surface area contributed by atoms with Gasteiger partial charge >= 0.3 is 5.97 Å². The maximum Gasteiger partial charge on any atom is 0.308 e. The lowest BCUT2D eigenvalue weighted by atomic mass is 9.81. The van der Waals surface area contributed by atoms with E-state index < -0.39 is 0 Å². The molecule has 2 heterocycles. The summed E-state index contributed by atoms with van der Waals surface area (Å²) in [6.45, 7) is 0. The minimum absolute atomic E-state index is 0.0222. The molecule has 0 atom stereocenters. The second kappa shape index (κ2) is 6.02. The summed E-state index contributed by atoms with van der Waals surface area (Å²) in [6.07, 6.45) is 3.26. The van der Waals surface area contributed by atoms with Gasteiger partial charge in [-0.15, -0.1) is 11.3 Å². The van der Waals surface area contributed by atoms with Gasteiger partial charge in [0.1, 0.15) is 10.7 Å². The highest BCUT2D eigenvalue weighted by molar-refractivity contribution is 7.25. The van der Waals surface area contributed by atoms with Crippen molar-refractivity contribution in [2.24, 2.45) is 5.92 Å². The van der Waals surface area contributed by atoms with Gasteiger partial charge in [0.2, 0.25) is 0 Å². The minimum atomic E-state index is -0.130. The van der Waals surface area contributed by atoms with Gasteiger partial charge in [-0.3, -0.25) is 9.59 Å². The molecule has 1 fully saturated rings. The van der Waals surface area contributed by atoms with Crippen LogP contribution in [0.5, 0.6) is 0 Å². The molecule has 3 aromatic rings. The SMILES string of the molecule is COC(=O)C1CCC(c2nc3sc4ccccc4c3c(=O)[nH]2)CC1. The summed E-state index contributed by atoms with van der Waals surface area (Å²) in [5, 5.41) is 1.65. The average molecular weight is 342 g/mol. The Balaban J connectivity index is 1.68. The van der Waals surface area contributed by atoms with Crippen molar-refractivity contribution in [3.8, 4) is 0 Å². The summed E-state index contributed by atoms with van der Waals surface area (Å²) in [4.78, 5) is 32.7. The summed E-state index contributed by atoms with van der Waals surface area (Å²) in [5.41, 5.74) is -0.0671. The third-order valence-electron chi connectivity index (χ3n) is 4.92. The monoisotopic (exact) mass is 342 g/mol. The summed E-state index contributed by atoms with van der Waals surface area (Å²) in [7, 11) is 1.43. The van der Waals surface area contributed by atoms with Crippen molar-refractivity contribution in [1.29, 1.82) is 0 Å². The molecule has 1 aliphatic rings. The molecule has 0 amide bonds. The molecule has 124 valence electrons. The second-order valence-electron chi connectivity index (χ2n) is 6.30. The smallest absolute Gasteiger partial charge is 0.308 e. The Kier molecular flexibility index (Phi) is 3.84. The van der Waals surface area contributed by atoms with Gasteiger partial charge in [0, 0.05) is 16.0 Å². The Morgan fingerprint density at radius 3 is 2.75 bits per heavy atom. The Morgan fingerprint density at radius 2 is 2.00 bits per heavy atom. The van der Waals surface area contributed by atoms with Crippen LogP contribution in [-0.4, -0.2) is 23.0 Å². The lowest BCUT2D eigenvalue weighted by Crippen LogP contribution is -2.24. The minimum Gasteiger partial charge on any atom is -0.469 e. The molecule has 0 aliphatic heterocycles. The van der Waals surface area contributed by atoms with Gasteiger partial charge in [0.05, 0.1) is 18.4 Å². The molecule has 0 bridgehead atoms. The van der Waals surface area contributed by atoms with Crippen molar-refractivity contribution in [1.82, 2.24) is 9.97 Å². The van der Waals surface area contributed by atoms with E-state index in [1.54, 1.807) is 11.3 Å². The molecule has 0 radical (unpaired) electrons. The number of benzene rings is 1. The number of methoxy groups -OCH3 is 1. The zero-order valence-electron chi connectivity index (χ0n) is 13.4. The molecule has 1 aliphatic carbocycles. The van der Waals surface area contributed by atoms with Gasteiger partial charge in [-0.05, 0) is 31.7 Å². The third-order valence-corrected chi connectivity index (χ3v) is 5.98. The van der Waals surface area contributed by atoms with Crippen molar-refractivity contribution in [2.75, 3.05) is 7.11 Å². The summed E-state index contributed by atoms with van der Waals surface area (Å²) >= 11 is 1.56.